The Morgan fingerprint density at radius 3 is 2.84 bits per heavy atom. The first kappa shape index (κ1) is 15.2. The molecule has 0 radical (unpaired) electrons. The number of nitrogens with one attached hydrogen (secondary N) is 2. The van der Waals surface area contributed by atoms with Crippen molar-refractivity contribution in [3.8, 4) is 16.9 Å². The SMILES string of the molecule is COc1cc(C)cc2[nH]c(=O)c(N)c(-c3ccc(F)c4[nH]ncc34)c12. The Balaban J connectivity index is 2.24. The summed E-state index contributed by atoms with van der Waals surface area (Å²) in [5, 5.41) is 7.76. The van der Waals surface area contributed by atoms with E-state index in [1.807, 2.05) is 19.1 Å². The monoisotopic (exact) mass is 338 g/mol. The number of H-pyrrole nitrogens is 2. The fourth-order valence-corrected chi connectivity index (χ4v) is 3.21. The third kappa shape index (κ3) is 2.16. The molecule has 0 amide bonds. The van der Waals surface area contributed by atoms with Crippen LogP contribution < -0.4 is 16.0 Å². The average Bonchev–Trinajstić information content (AvgIpc) is 3.07. The van der Waals surface area contributed by atoms with Gasteiger partial charge in [0.05, 0.1) is 24.2 Å². The molecular weight excluding hydrogens is 323 g/mol. The largest absolute Gasteiger partial charge is 0.496 e. The number of pyridine rings is 1. The molecule has 2 aromatic carbocycles. The van der Waals surface area contributed by atoms with Crippen LogP contribution in [0.2, 0.25) is 0 Å². The van der Waals surface area contributed by atoms with E-state index >= 15 is 0 Å². The summed E-state index contributed by atoms with van der Waals surface area (Å²) in [6.45, 7) is 1.91. The van der Waals surface area contributed by atoms with Gasteiger partial charge in [-0.25, -0.2) is 4.39 Å². The van der Waals surface area contributed by atoms with Crippen molar-refractivity contribution in [1.82, 2.24) is 15.2 Å². The highest BCUT2D eigenvalue weighted by atomic mass is 19.1. The molecule has 4 N–H and O–H groups in total. The van der Waals surface area contributed by atoms with E-state index in [4.69, 9.17) is 10.5 Å². The van der Waals surface area contributed by atoms with Crippen molar-refractivity contribution in [3.05, 3.63) is 52.2 Å². The summed E-state index contributed by atoms with van der Waals surface area (Å²) < 4.78 is 19.5. The average molecular weight is 338 g/mol. The van der Waals surface area contributed by atoms with E-state index in [9.17, 15) is 9.18 Å². The van der Waals surface area contributed by atoms with E-state index in [1.165, 1.54) is 12.3 Å². The van der Waals surface area contributed by atoms with Crippen LogP contribution in [-0.2, 0) is 0 Å². The van der Waals surface area contributed by atoms with Crippen molar-refractivity contribution < 1.29 is 9.13 Å². The molecule has 0 aliphatic carbocycles. The van der Waals surface area contributed by atoms with Gasteiger partial charge in [-0.3, -0.25) is 9.89 Å². The standard InChI is InChI=1S/C18H15FN4O2/c1-8-5-12-15(13(6-8)25-2)14(16(20)18(24)22-12)9-3-4-11(19)17-10(9)7-21-23-17/h3-7H,20H2,1-2H3,(H,21,23)(H,22,24). The summed E-state index contributed by atoms with van der Waals surface area (Å²) >= 11 is 0. The second kappa shape index (κ2) is 5.34. The number of hydrogen-bond acceptors (Lipinski definition) is 4. The summed E-state index contributed by atoms with van der Waals surface area (Å²) in [5.74, 6) is 0.153. The molecule has 4 rings (SSSR count). The number of hydrogen-bond donors (Lipinski definition) is 3. The van der Waals surface area contributed by atoms with Gasteiger partial charge in [0.25, 0.3) is 5.56 Å². The van der Waals surface area contributed by atoms with Gasteiger partial charge in [-0.15, -0.1) is 0 Å². The highest BCUT2D eigenvalue weighted by Crippen LogP contribution is 2.40. The minimum absolute atomic E-state index is 0.0451. The maximum Gasteiger partial charge on any atom is 0.272 e. The Kier molecular flexibility index (Phi) is 3.24. The quantitative estimate of drug-likeness (QED) is 0.523. The Labute approximate surface area is 141 Å². The van der Waals surface area contributed by atoms with E-state index < -0.39 is 11.4 Å². The first-order valence-corrected chi connectivity index (χ1v) is 7.63. The fourth-order valence-electron chi connectivity index (χ4n) is 3.21. The molecule has 0 atom stereocenters. The Morgan fingerprint density at radius 1 is 1.28 bits per heavy atom. The van der Waals surface area contributed by atoms with Gasteiger partial charge in [-0.2, -0.15) is 5.10 Å². The van der Waals surface area contributed by atoms with Gasteiger partial charge in [0.2, 0.25) is 0 Å². The minimum Gasteiger partial charge on any atom is -0.496 e. The van der Waals surface area contributed by atoms with Crippen LogP contribution in [0.3, 0.4) is 0 Å². The number of fused-ring (bicyclic) bond motifs is 2. The lowest BCUT2D eigenvalue weighted by molar-refractivity contribution is 0.419. The Hall–Kier alpha value is -3.35. The van der Waals surface area contributed by atoms with Crippen molar-refractivity contribution in [1.29, 1.82) is 0 Å². The van der Waals surface area contributed by atoms with Gasteiger partial charge in [0.15, 0.2) is 0 Å². The van der Waals surface area contributed by atoms with Crippen LogP contribution in [0.15, 0.2) is 35.3 Å². The lowest BCUT2D eigenvalue weighted by Crippen LogP contribution is -2.14. The molecule has 0 saturated heterocycles. The molecule has 0 spiro atoms. The molecule has 0 aliphatic rings. The fraction of sp³-hybridized carbons (Fsp3) is 0.111. The van der Waals surface area contributed by atoms with Crippen LogP contribution in [0, 0.1) is 12.7 Å². The minimum atomic E-state index is -0.424. The maximum absolute atomic E-state index is 14.0. The van der Waals surface area contributed by atoms with Crippen molar-refractivity contribution in [2.24, 2.45) is 0 Å². The summed E-state index contributed by atoms with van der Waals surface area (Å²) in [7, 11) is 1.55. The van der Waals surface area contributed by atoms with Gasteiger partial charge >= 0.3 is 0 Å². The van der Waals surface area contributed by atoms with E-state index in [-0.39, 0.29) is 11.2 Å². The van der Waals surface area contributed by atoms with E-state index in [2.05, 4.69) is 15.2 Å². The summed E-state index contributed by atoms with van der Waals surface area (Å²) in [5.41, 5.74) is 8.67. The predicted molar refractivity (Wildman–Crippen MR) is 95.3 cm³/mol. The smallest absolute Gasteiger partial charge is 0.272 e. The number of benzene rings is 2. The summed E-state index contributed by atoms with van der Waals surface area (Å²) in [6, 6.07) is 6.62. The molecule has 0 unspecified atom stereocenters. The Bertz CT molecular complexity index is 1190. The zero-order chi connectivity index (χ0) is 17.7. The number of halogens is 1. The molecule has 0 saturated carbocycles. The van der Waals surface area contributed by atoms with E-state index in [0.29, 0.717) is 33.2 Å². The number of anilines is 1. The van der Waals surface area contributed by atoms with E-state index in [1.54, 1.807) is 13.2 Å². The number of nitrogens with two attached hydrogens (primary N) is 1. The molecule has 25 heavy (non-hydrogen) atoms. The van der Waals surface area contributed by atoms with Crippen molar-refractivity contribution >= 4 is 27.5 Å². The number of rotatable bonds is 2. The van der Waals surface area contributed by atoms with Crippen LogP contribution in [0.4, 0.5) is 10.1 Å². The van der Waals surface area contributed by atoms with Crippen LogP contribution in [0.1, 0.15) is 5.56 Å². The number of nitrogens with zero attached hydrogens (tertiary/aromatic N) is 1. The van der Waals surface area contributed by atoms with Gasteiger partial charge in [-0.05, 0) is 36.2 Å². The van der Waals surface area contributed by atoms with Gasteiger partial charge in [-0.1, -0.05) is 6.07 Å². The molecule has 4 aromatic rings. The molecule has 2 aromatic heterocycles. The van der Waals surface area contributed by atoms with Crippen LogP contribution in [-0.4, -0.2) is 22.3 Å². The van der Waals surface area contributed by atoms with E-state index in [0.717, 1.165) is 5.56 Å². The zero-order valence-electron chi connectivity index (χ0n) is 13.6. The number of ether oxygens (including phenoxy) is 1. The highest BCUT2D eigenvalue weighted by molar-refractivity contribution is 6.09. The first-order chi connectivity index (χ1) is 12.0. The van der Waals surface area contributed by atoms with Crippen LogP contribution in [0.5, 0.6) is 5.75 Å². The second-order valence-corrected chi connectivity index (χ2v) is 5.89. The molecule has 0 aliphatic heterocycles. The zero-order valence-corrected chi connectivity index (χ0v) is 13.6. The Morgan fingerprint density at radius 2 is 2.08 bits per heavy atom. The van der Waals surface area contributed by atoms with Crippen molar-refractivity contribution in [2.75, 3.05) is 12.8 Å². The second-order valence-electron chi connectivity index (χ2n) is 5.89. The molecule has 0 fully saturated rings. The molecule has 6 nitrogen and oxygen atoms in total. The van der Waals surface area contributed by atoms with Crippen molar-refractivity contribution in [3.63, 3.8) is 0 Å². The van der Waals surface area contributed by atoms with Crippen LogP contribution >= 0.6 is 0 Å². The topological polar surface area (TPSA) is 96.8 Å². The summed E-state index contributed by atoms with van der Waals surface area (Å²) in [6.07, 6.45) is 1.51. The predicted octanol–water partition coefficient (Wildman–Crippen LogP) is 3.11. The normalized spacial score (nSPS) is 11.3. The first-order valence-electron chi connectivity index (χ1n) is 7.63. The number of aromatic nitrogens is 3. The third-order valence-electron chi connectivity index (χ3n) is 4.31. The van der Waals surface area contributed by atoms with Gasteiger partial charge in [0, 0.05) is 10.9 Å². The highest BCUT2D eigenvalue weighted by Gasteiger charge is 2.19. The lowest BCUT2D eigenvalue weighted by Gasteiger charge is -2.15. The lowest BCUT2D eigenvalue weighted by atomic mass is 9.95. The molecule has 0 bridgehead atoms. The number of aromatic amines is 2. The number of nitrogen functional groups attached to an aromatic ring is 1. The molecule has 7 heteroatoms. The molecule has 126 valence electrons. The summed E-state index contributed by atoms with van der Waals surface area (Å²) in [4.78, 5) is 15.1. The van der Waals surface area contributed by atoms with Gasteiger partial charge in [0.1, 0.15) is 22.8 Å². The maximum atomic E-state index is 14.0. The van der Waals surface area contributed by atoms with Crippen molar-refractivity contribution in [2.45, 2.75) is 6.92 Å². The van der Waals surface area contributed by atoms with Crippen LogP contribution in [0.25, 0.3) is 32.9 Å². The number of methoxy groups -OCH3 is 1. The molecule has 2 heterocycles. The third-order valence-corrected chi connectivity index (χ3v) is 4.31. The van der Waals surface area contributed by atoms with Gasteiger partial charge < -0.3 is 15.5 Å². The number of aryl methyl sites for hydroxylation is 1. The molecular formula is C18H15FN4O2.